The average Bonchev–Trinajstić information content (AvgIpc) is 2.39. The molecule has 0 aromatic carbocycles. The summed E-state index contributed by atoms with van der Waals surface area (Å²) in [7, 11) is 0. The summed E-state index contributed by atoms with van der Waals surface area (Å²) in [6.07, 6.45) is 10.5. The smallest absolute Gasteiger partial charge is 0.0136 e. The van der Waals surface area contributed by atoms with E-state index in [0.717, 1.165) is 23.9 Å². The quantitative estimate of drug-likeness (QED) is 0.635. The Balaban J connectivity index is 1.56. The van der Waals surface area contributed by atoms with Crippen LogP contribution in [-0.4, -0.2) is 48.1 Å². The molecule has 0 aliphatic carbocycles. The molecule has 17 heavy (non-hydrogen) atoms. The van der Waals surface area contributed by atoms with Crippen LogP contribution in [0, 0.1) is 11.8 Å². The van der Waals surface area contributed by atoms with Crippen molar-refractivity contribution in [2.45, 2.75) is 57.0 Å². The molecule has 4 atom stereocenters. The van der Waals surface area contributed by atoms with E-state index in [-0.39, 0.29) is 0 Å². The standard InChI is InChI=1S/C15H26N2/c1-3-7-16-11-13-9-12(14(16)5-1)10-17-8-4-2-6-15(13)17/h12-15H,1-11H2/t12?,13?,14-,15?/m1/s1. The van der Waals surface area contributed by atoms with Gasteiger partial charge in [0.15, 0.2) is 0 Å². The molecule has 4 aliphatic rings. The molecule has 4 aliphatic heterocycles. The van der Waals surface area contributed by atoms with Crippen molar-refractivity contribution < 1.29 is 0 Å². The fraction of sp³-hybridized carbons (Fsp3) is 1.00. The van der Waals surface area contributed by atoms with Gasteiger partial charge in [-0.3, -0.25) is 9.80 Å². The largest absolute Gasteiger partial charge is 0.300 e. The minimum absolute atomic E-state index is 0.961. The monoisotopic (exact) mass is 234 g/mol. The Kier molecular flexibility index (Phi) is 2.69. The normalized spacial score (nSPS) is 47.3. The molecule has 0 saturated carbocycles. The van der Waals surface area contributed by atoms with Crippen LogP contribution >= 0.6 is 0 Å². The Hall–Kier alpha value is -0.0800. The molecule has 4 fully saturated rings. The van der Waals surface area contributed by atoms with Gasteiger partial charge in [-0.05, 0) is 57.0 Å². The Labute approximate surface area is 105 Å². The number of rotatable bonds is 0. The third kappa shape index (κ3) is 1.76. The highest BCUT2D eigenvalue weighted by atomic mass is 15.3. The van der Waals surface area contributed by atoms with Crippen molar-refractivity contribution in [3.05, 3.63) is 0 Å². The van der Waals surface area contributed by atoms with Crippen LogP contribution in [-0.2, 0) is 0 Å². The second-order valence-corrected chi connectivity index (χ2v) is 6.87. The first kappa shape index (κ1) is 10.8. The van der Waals surface area contributed by atoms with Gasteiger partial charge in [0.05, 0.1) is 0 Å². The SMILES string of the molecule is C1CCN2CC3CC(CN4CCCC[C@H]34)C2C1. The summed E-state index contributed by atoms with van der Waals surface area (Å²) in [5.41, 5.74) is 0. The first-order chi connectivity index (χ1) is 8.42. The lowest BCUT2D eigenvalue weighted by Crippen LogP contribution is -2.63. The fourth-order valence-corrected chi connectivity index (χ4v) is 5.25. The van der Waals surface area contributed by atoms with Gasteiger partial charge in [0.25, 0.3) is 0 Å². The van der Waals surface area contributed by atoms with Crippen molar-refractivity contribution in [2.24, 2.45) is 11.8 Å². The summed E-state index contributed by atoms with van der Waals surface area (Å²) in [4.78, 5) is 5.74. The van der Waals surface area contributed by atoms with Gasteiger partial charge in [0.1, 0.15) is 0 Å². The molecule has 4 rings (SSSR count). The zero-order chi connectivity index (χ0) is 11.2. The van der Waals surface area contributed by atoms with E-state index in [1.807, 2.05) is 0 Å². The first-order valence-electron chi connectivity index (χ1n) is 7.90. The van der Waals surface area contributed by atoms with E-state index >= 15 is 0 Å². The number of nitrogens with zero attached hydrogens (tertiary/aromatic N) is 2. The van der Waals surface area contributed by atoms with E-state index in [1.54, 1.807) is 6.42 Å². The van der Waals surface area contributed by atoms with E-state index in [0.29, 0.717) is 0 Å². The summed E-state index contributed by atoms with van der Waals surface area (Å²) >= 11 is 0. The van der Waals surface area contributed by atoms with Gasteiger partial charge >= 0.3 is 0 Å². The summed E-state index contributed by atoms with van der Waals surface area (Å²) in [6, 6.07) is 1.92. The molecule has 0 radical (unpaired) electrons. The van der Waals surface area contributed by atoms with Crippen molar-refractivity contribution in [1.82, 2.24) is 9.80 Å². The molecule has 0 amide bonds. The number of hydrogen-bond donors (Lipinski definition) is 0. The van der Waals surface area contributed by atoms with Gasteiger partial charge in [0.2, 0.25) is 0 Å². The maximum absolute atomic E-state index is 2.87. The lowest BCUT2D eigenvalue weighted by atomic mass is 9.71. The molecular weight excluding hydrogens is 208 g/mol. The van der Waals surface area contributed by atoms with Crippen LogP contribution in [0.25, 0.3) is 0 Å². The highest BCUT2D eigenvalue weighted by Crippen LogP contribution is 2.42. The van der Waals surface area contributed by atoms with Crippen LogP contribution in [0.1, 0.15) is 44.9 Å². The minimum atomic E-state index is 0.961. The Bertz CT molecular complexity index is 263. The molecule has 0 aromatic heterocycles. The summed E-state index contributed by atoms with van der Waals surface area (Å²) in [5, 5.41) is 0. The Morgan fingerprint density at radius 3 is 1.71 bits per heavy atom. The fourth-order valence-electron chi connectivity index (χ4n) is 5.25. The van der Waals surface area contributed by atoms with Gasteiger partial charge < -0.3 is 0 Å². The number of fused-ring (bicyclic) bond motifs is 6. The Morgan fingerprint density at radius 1 is 0.647 bits per heavy atom. The highest BCUT2D eigenvalue weighted by Gasteiger charge is 2.46. The molecule has 3 unspecified atom stereocenters. The average molecular weight is 234 g/mol. The molecule has 2 bridgehead atoms. The molecule has 0 spiro atoms. The van der Waals surface area contributed by atoms with Crippen LogP contribution in [0.5, 0.6) is 0 Å². The zero-order valence-corrected chi connectivity index (χ0v) is 11.0. The van der Waals surface area contributed by atoms with Crippen molar-refractivity contribution >= 4 is 0 Å². The molecule has 4 saturated heterocycles. The molecule has 0 N–H and O–H groups in total. The second-order valence-electron chi connectivity index (χ2n) is 6.87. The van der Waals surface area contributed by atoms with Gasteiger partial charge in [-0.15, -0.1) is 0 Å². The maximum Gasteiger partial charge on any atom is 0.0136 e. The van der Waals surface area contributed by atoms with Gasteiger partial charge in [-0.2, -0.15) is 0 Å². The first-order valence-corrected chi connectivity index (χ1v) is 7.90. The van der Waals surface area contributed by atoms with Crippen molar-refractivity contribution in [3.63, 3.8) is 0 Å². The van der Waals surface area contributed by atoms with Crippen molar-refractivity contribution in [1.29, 1.82) is 0 Å². The summed E-state index contributed by atoms with van der Waals surface area (Å²) in [6.45, 7) is 5.68. The van der Waals surface area contributed by atoms with Crippen LogP contribution in [0.3, 0.4) is 0 Å². The van der Waals surface area contributed by atoms with Crippen LogP contribution in [0.4, 0.5) is 0 Å². The van der Waals surface area contributed by atoms with Crippen LogP contribution in [0.2, 0.25) is 0 Å². The van der Waals surface area contributed by atoms with Crippen LogP contribution in [0.15, 0.2) is 0 Å². The van der Waals surface area contributed by atoms with E-state index in [1.165, 1.54) is 64.7 Å². The lowest BCUT2D eigenvalue weighted by Gasteiger charge is -2.57. The number of piperidine rings is 4. The highest BCUT2D eigenvalue weighted by molar-refractivity contribution is 5.00. The molecule has 4 heterocycles. The summed E-state index contributed by atoms with van der Waals surface area (Å²) in [5.74, 6) is 2.03. The molecular formula is C15H26N2. The third-order valence-electron chi connectivity index (χ3n) is 5.96. The molecule has 2 nitrogen and oxygen atoms in total. The Morgan fingerprint density at radius 2 is 1.18 bits per heavy atom. The van der Waals surface area contributed by atoms with Gasteiger partial charge in [0, 0.05) is 25.2 Å². The third-order valence-corrected chi connectivity index (χ3v) is 5.96. The molecule has 0 aromatic rings. The van der Waals surface area contributed by atoms with E-state index in [4.69, 9.17) is 0 Å². The molecule has 96 valence electrons. The maximum atomic E-state index is 2.87. The lowest BCUT2D eigenvalue weighted by molar-refractivity contribution is -0.0718. The van der Waals surface area contributed by atoms with E-state index in [9.17, 15) is 0 Å². The number of hydrogen-bond acceptors (Lipinski definition) is 2. The van der Waals surface area contributed by atoms with Crippen LogP contribution < -0.4 is 0 Å². The topological polar surface area (TPSA) is 6.48 Å². The van der Waals surface area contributed by atoms with Crippen molar-refractivity contribution in [2.75, 3.05) is 26.2 Å². The summed E-state index contributed by atoms with van der Waals surface area (Å²) < 4.78 is 0. The molecule has 2 heteroatoms. The second kappa shape index (κ2) is 4.24. The van der Waals surface area contributed by atoms with Gasteiger partial charge in [-0.1, -0.05) is 12.8 Å². The van der Waals surface area contributed by atoms with E-state index in [2.05, 4.69) is 9.80 Å². The predicted molar refractivity (Wildman–Crippen MR) is 70.0 cm³/mol. The van der Waals surface area contributed by atoms with E-state index < -0.39 is 0 Å². The van der Waals surface area contributed by atoms with Crippen molar-refractivity contribution in [3.8, 4) is 0 Å². The predicted octanol–water partition coefficient (Wildman–Crippen LogP) is 2.35. The zero-order valence-electron chi connectivity index (χ0n) is 11.0. The van der Waals surface area contributed by atoms with Gasteiger partial charge in [-0.25, -0.2) is 0 Å². The minimum Gasteiger partial charge on any atom is -0.300 e.